The van der Waals surface area contributed by atoms with Crippen LogP contribution in [0.5, 0.6) is 0 Å². The highest BCUT2D eigenvalue weighted by Crippen LogP contribution is 2.25. The van der Waals surface area contributed by atoms with Crippen LogP contribution >= 0.6 is 11.8 Å². The normalized spacial score (nSPS) is 12.3. The van der Waals surface area contributed by atoms with E-state index in [0.717, 1.165) is 20.9 Å². The summed E-state index contributed by atoms with van der Waals surface area (Å²) in [5, 5.41) is 9.10. The zero-order chi connectivity index (χ0) is 22.9. The second-order valence-electron chi connectivity index (χ2n) is 7.04. The molecule has 0 saturated carbocycles. The van der Waals surface area contributed by atoms with Crippen LogP contribution in [0.2, 0.25) is 0 Å². The van der Waals surface area contributed by atoms with E-state index < -0.39 is 22.3 Å². The number of carbonyl (C=O) groups is 1. The first-order valence-electron chi connectivity index (χ1n) is 9.55. The summed E-state index contributed by atoms with van der Waals surface area (Å²) in [4.78, 5) is 55.1. The fourth-order valence-electron chi connectivity index (χ4n) is 3.17. The Kier molecular flexibility index (Phi) is 6.46. The van der Waals surface area contributed by atoms with E-state index in [2.05, 4.69) is 4.98 Å². The summed E-state index contributed by atoms with van der Waals surface area (Å²) in [5.41, 5.74) is 4.41. The number of aliphatic hydroxyl groups is 1. The molecule has 1 aromatic carbocycles. The lowest BCUT2D eigenvalue weighted by Crippen LogP contribution is -2.42. The molecule has 0 spiro atoms. The lowest BCUT2D eigenvalue weighted by Gasteiger charge is -2.17. The van der Waals surface area contributed by atoms with Crippen molar-refractivity contribution < 1.29 is 9.90 Å². The molecule has 3 rings (SSSR count). The largest absolute Gasteiger partial charge is 0.396 e. The van der Waals surface area contributed by atoms with Gasteiger partial charge in [0.1, 0.15) is 11.4 Å². The van der Waals surface area contributed by atoms with Crippen molar-refractivity contribution in [3.8, 4) is 0 Å². The second-order valence-corrected chi connectivity index (χ2v) is 8.34. The number of carbonyl (C=O) groups excluding carboxylic acids is 1. The molecule has 164 valence electrons. The quantitative estimate of drug-likeness (QED) is 0.297. The molecule has 0 saturated heterocycles. The van der Waals surface area contributed by atoms with Crippen LogP contribution in [0.1, 0.15) is 23.7 Å². The number of nitrogen functional groups attached to an aromatic ring is 1. The molecule has 3 aromatic rings. The van der Waals surface area contributed by atoms with E-state index in [9.17, 15) is 24.3 Å². The van der Waals surface area contributed by atoms with Gasteiger partial charge in [-0.2, -0.15) is 0 Å². The first kappa shape index (κ1) is 22.5. The molecule has 1 unspecified atom stereocenters. The van der Waals surface area contributed by atoms with Gasteiger partial charge in [0.25, 0.3) is 11.1 Å². The number of Topliss-reactive ketones (excluding diaryl/α,β-unsaturated/α-hetero) is 1. The Bertz CT molecular complexity index is 1340. The van der Waals surface area contributed by atoms with Crippen LogP contribution in [0.15, 0.2) is 43.8 Å². The van der Waals surface area contributed by atoms with E-state index in [1.807, 2.05) is 0 Å². The second kappa shape index (κ2) is 8.90. The van der Waals surface area contributed by atoms with Gasteiger partial charge in [-0.05, 0) is 25.5 Å². The van der Waals surface area contributed by atoms with Crippen LogP contribution in [-0.4, -0.2) is 41.4 Å². The van der Waals surface area contributed by atoms with Crippen molar-refractivity contribution in [3.63, 3.8) is 0 Å². The van der Waals surface area contributed by atoms with E-state index in [1.165, 1.54) is 18.7 Å². The number of aliphatic hydroxyl groups excluding tert-OH is 1. The molecule has 3 N–H and O–H groups in total. The standard InChI is InChI=1S/C20H23N5O5S/c1-11(15(27)14-16(21)23(2)20(30)24(3)18(14)29)31-19-22-13-8-5-4-7-12(13)17(28)25(19)9-6-10-26/h4-5,7-8,11,26H,6,9-10,21H2,1-3H3. The Balaban J connectivity index is 2.07. The zero-order valence-corrected chi connectivity index (χ0v) is 18.2. The monoisotopic (exact) mass is 445 g/mol. The Morgan fingerprint density at radius 2 is 1.84 bits per heavy atom. The fraction of sp³-hybridized carbons (Fsp3) is 0.350. The van der Waals surface area contributed by atoms with Crippen LogP contribution in [0.25, 0.3) is 10.9 Å². The smallest absolute Gasteiger partial charge is 0.332 e. The van der Waals surface area contributed by atoms with Gasteiger partial charge in [0.15, 0.2) is 10.9 Å². The molecule has 31 heavy (non-hydrogen) atoms. The van der Waals surface area contributed by atoms with Gasteiger partial charge in [0, 0.05) is 27.2 Å². The van der Waals surface area contributed by atoms with Gasteiger partial charge in [0.05, 0.1) is 16.2 Å². The molecule has 0 fully saturated rings. The van der Waals surface area contributed by atoms with Gasteiger partial charge < -0.3 is 10.8 Å². The average Bonchev–Trinajstić information content (AvgIpc) is 2.76. The van der Waals surface area contributed by atoms with Crippen LogP contribution < -0.4 is 22.5 Å². The van der Waals surface area contributed by atoms with Gasteiger partial charge in [-0.15, -0.1) is 0 Å². The third-order valence-electron chi connectivity index (χ3n) is 4.97. The van der Waals surface area contributed by atoms with Crippen molar-refractivity contribution in [1.82, 2.24) is 18.7 Å². The van der Waals surface area contributed by atoms with Crippen molar-refractivity contribution in [2.45, 2.75) is 30.3 Å². The highest BCUT2D eigenvalue weighted by molar-refractivity contribution is 8.00. The van der Waals surface area contributed by atoms with Crippen molar-refractivity contribution in [1.29, 1.82) is 0 Å². The molecule has 2 heterocycles. The number of ketones is 1. The summed E-state index contributed by atoms with van der Waals surface area (Å²) in [6, 6.07) is 6.85. The van der Waals surface area contributed by atoms with Gasteiger partial charge >= 0.3 is 5.69 Å². The molecule has 0 aliphatic rings. The third-order valence-corrected chi connectivity index (χ3v) is 6.06. The highest BCUT2D eigenvalue weighted by Gasteiger charge is 2.27. The van der Waals surface area contributed by atoms with Crippen molar-refractivity contribution in [3.05, 3.63) is 61.0 Å². The van der Waals surface area contributed by atoms with Crippen molar-refractivity contribution >= 4 is 34.3 Å². The molecule has 0 aliphatic carbocycles. The lowest BCUT2D eigenvalue weighted by atomic mass is 10.1. The molecule has 2 aromatic heterocycles. The number of nitrogens with zero attached hydrogens (tertiary/aromatic N) is 4. The molecular formula is C20H23N5O5S. The Morgan fingerprint density at radius 1 is 1.16 bits per heavy atom. The van der Waals surface area contributed by atoms with Gasteiger partial charge in [0.2, 0.25) is 0 Å². The predicted molar refractivity (Wildman–Crippen MR) is 119 cm³/mol. The van der Waals surface area contributed by atoms with Crippen LogP contribution in [-0.2, 0) is 20.6 Å². The minimum absolute atomic E-state index is 0.109. The minimum atomic E-state index is -0.819. The summed E-state index contributed by atoms with van der Waals surface area (Å²) >= 11 is 1.02. The highest BCUT2D eigenvalue weighted by atomic mass is 32.2. The number of hydrogen-bond donors (Lipinski definition) is 2. The van der Waals surface area contributed by atoms with Crippen molar-refractivity contribution in [2.24, 2.45) is 14.1 Å². The Labute approximate surface area is 181 Å². The number of thioether (sulfide) groups is 1. The van der Waals surface area contributed by atoms with E-state index in [0.29, 0.717) is 22.5 Å². The minimum Gasteiger partial charge on any atom is -0.396 e. The van der Waals surface area contributed by atoms with Crippen LogP contribution in [0.3, 0.4) is 0 Å². The first-order valence-corrected chi connectivity index (χ1v) is 10.4. The third kappa shape index (κ3) is 4.06. The summed E-state index contributed by atoms with van der Waals surface area (Å²) < 4.78 is 3.28. The topological polar surface area (TPSA) is 142 Å². The SMILES string of the molecule is CC(Sc1nc2ccccc2c(=O)n1CCCO)C(=O)c1c(N)n(C)c(=O)n(C)c1=O. The summed E-state index contributed by atoms with van der Waals surface area (Å²) in [7, 11) is 2.65. The number of benzene rings is 1. The van der Waals surface area contributed by atoms with Gasteiger partial charge in [-0.25, -0.2) is 9.78 Å². The van der Waals surface area contributed by atoms with Gasteiger partial charge in [-0.3, -0.25) is 28.1 Å². The molecule has 0 amide bonds. The molecule has 1 atom stereocenters. The number of nitrogens with two attached hydrogens (primary N) is 1. The maximum absolute atomic E-state index is 13.1. The number of hydrogen-bond acceptors (Lipinski definition) is 8. The Morgan fingerprint density at radius 3 is 2.52 bits per heavy atom. The van der Waals surface area contributed by atoms with Crippen molar-refractivity contribution in [2.75, 3.05) is 12.3 Å². The molecular weight excluding hydrogens is 422 g/mol. The van der Waals surface area contributed by atoms with E-state index in [1.54, 1.807) is 31.2 Å². The number of anilines is 1. The number of rotatable bonds is 7. The molecule has 0 bridgehead atoms. The maximum atomic E-state index is 13.1. The maximum Gasteiger partial charge on any atom is 0.332 e. The average molecular weight is 446 g/mol. The summed E-state index contributed by atoms with van der Waals surface area (Å²) in [5.74, 6) is -0.787. The number of para-hydroxylation sites is 1. The predicted octanol–water partition coefficient (Wildman–Crippen LogP) is 0.122. The first-order chi connectivity index (χ1) is 14.7. The van der Waals surface area contributed by atoms with E-state index in [4.69, 9.17) is 5.73 Å². The molecule has 0 aliphatic heterocycles. The van der Waals surface area contributed by atoms with E-state index in [-0.39, 0.29) is 30.1 Å². The number of aromatic nitrogens is 4. The number of fused-ring (bicyclic) bond motifs is 1. The molecule has 0 radical (unpaired) electrons. The molecule has 10 nitrogen and oxygen atoms in total. The fourth-order valence-corrected chi connectivity index (χ4v) is 4.16. The summed E-state index contributed by atoms with van der Waals surface area (Å²) in [6.07, 6.45) is 0.337. The zero-order valence-electron chi connectivity index (χ0n) is 17.4. The van der Waals surface area contributed by atoms with Gasteiger partial charge in [-0.1, -0.05) is 23.9 Å². The van der Waals surface area contributed by atoms with E-state index >= 15 is 0 Å². The Hall–Kier alpha value is -3.18. The lowest BCUT2D eigenvalue weighted by molar-refractivity contribution is 0.0992. The van der Waals surface area contributed by atoms with Crippen LogP contribution in [0, 0.1) is 0 Å². The molecule has 11 heteroatoms. The van der Waals surface area contributed by atoms with Crippen LogP contribution in [0.4, 0.5) is 5.82 Å². The summed E-state index contributed by atoms with van der Waals surface area (Å²) in [6.45, 7) is 1.69.